The zero-order valence-corrected chi connectivity index (χ0v) is 11.4. The lowest BCUT2D eigenvalue weighted by atomic mass is 10.1. The van der Waals surface area contributed by atoms with Crippen LogP contribution in [0.3, 0.4) is 0 Å². The van der Waals surface area contributed by atoms with Gasteiger partial charge >= 0.3 is 5.69 Å². The van der Waals surface area contributed by atoms with Gasteiger partial charge in [0, 0.05) is 18.1 Å². The molecule has 1 aliphatic heterocycles. The maximum absolute atomic E-state index is 11.9. The van der Waals surface area contributed by atoms with Crippen LogP contribution in [0.5, 0.6) is 0 Å². The number of anilines is 1. The average Bonchev–Trinajstić information content (AvgIpc) is 2.48. The number of nitrogens with two attached hydrogens (primary N) is 1. The van der Waals surface area contributed by atoms with Crippen LogP contribution in [0.1, 0.15) is 5.56 Å². The van der Waals surface area contributed by atoms with Crippen molar-refractivity contribution in [2.75, 3.05) is 11.5 Å². The first-order valence-corrected chi connectivity index (χ1v) is 7.08. The van der Waals surface area contributed by atoms with Gasteiger partial charge in [-0.15, -0.1) is 11.8 Å². The minimum absolute atomic E-state index is 0.223. The average molecular weight is 284 g/mol. The van der Waals surface area contributed by atoms with Gasteiger partial charge in [0.1, 0.15) is 5.82 Å². The van der Waals surface area contributed by atoms with Gasteiger partial charge in [-0.2, -0.15) is 4.98 Å². The summed E-state index contributed by atoms with van der Waals surface area (Å²) in [7, 11) is 0. The van der Waals surface area contributed by atoms with Gasteiger partial charge in [0.05, 0.1) is 11.4 Å². The van der Waals surface area contributed by atoms with Crippen LogP contribution in [0, 0.1) is 0 Å². The Morgan fingerprint density at radius 3 is 2.95 bits per heavy atom. The van der Waals surface area contributed by atoms with E-state index in [0.717, 1.165) is 22.7 Å². The minimum Gasteiger partial charge on any atom is -0.383 e. The van der Waals surface area contributed by atoms with Gasteiger partial charge in [-0.1, -0.05) is 12.1 Å². The molecule has 5 nitrogen and oxygen atoms in total. The standard InChI is InChI=1S/C14H12N4OS/c15-13-4-6-18(14(19)17-13)11-3-1-2-10(8-11)12-9-20-7-5-16-12/h1-8H,9H2,(H2,15,17,19). The highest BCUT2D eigenvalue weighted by atomic mass is 32.2. The molecular formula is C14H12N4OS. The number of hydrogen-bond donors (Lipinski definition) is 1. The number of nitrogens with zero attached hydrogens (tertiary/aromatic N) is 3. The highest BCUT2D eigenvalue weighted by Gasteiger charge is 2.08. The minimum atomic E-state index is -0.387. The molecule has 2 heterocycles. The fraction of sp³-hybridized carbons (Fsp3) is 0.0714. The van der Waals surface area contributed by atoms with Gasteiger partial charge in [-0.05, 0) is 29.2 Å². The largest absolute Gasteiger partial charge is 0.383 e. The summed E-state index contributed by atoms with van der Waals surface area (Å²) in [6.45, 7) is 0. The first-order valence-electron chi connectivity index (χ1n) is 6.03. The Morgan fingerprint density at radius 1 is 1.30 bits per heavy atom. The number of aromatic nitrogens is 2. The molecule has 0 radical (unpaired) electrons. The molecule has 2 N–H and O–H groups in total. The maximum Gasteiger partial charge on any atom is 0.354 e. The van der Waals surface area contributed by atoms with Gasteiger partial charge in [0.2, 0.25) is 0 Å². The molecule has 0 bridgehead atoms. The molecule has 1 aliphatic rings. The molecule has 1 aromatic heterocycles. The fourth-order valence-electron chi connectivity index (χ4n) is 1.93. The second kappa shape index (κ2) is 5.34. The van der Waals surface area contributed by atoms with Crippen LogP contribution >= 0.6 is 11.8 Å². The first kappa shape index (κ1) is 12.7. The number of thioether (sulfide) groups is 1. The van der Waals surface area contributed by atoms with E-state index in [4.69, 9.17) is 5.73 Å². The summed E-state index contributed by atoms with van der Waals surface area (Å²) in [5, 5.41) is 1.96. The first-order chi connectivity index (χ1) is 9.74. The lowest BCUT2D eigenvalue weighted by Gasteiger charge is -2.10. The smallest absolute Gasteiger partial charge is 0.354 e. The second-order valence-corrected chi connectivity index (χ2v) is 5.12. The molecule has 0 saturated carbocycles. The third-order valence-corrected chi connectivity index (χ3v) is 3.64. The quantitative estimate of drug-likeness (QED) is 0.913. The summed E-state index contributed by atoms with van der Waals surface area (Å²) in [6, 6.07) is 9.27. The molecule has 0 fully saturated rings. The van der Waals surface area contributed by atoms with E-state index in [2.05, 4.69) is 9.98 Å². The molecule has 6 heteroatoms. The number of nitrogen functional groups attached to an aromatic ring is 1. The molecular weight excluding hydrogens is 272 g/mol. The van der Waals surface area contributed by atoms with Gasteiger partial charge in [-0.3, -0.25) is 9.56 Å². The van der Waals surface area contributed by atoms with Crippen LogP contribution in [-0.2, 0) is 0 Å². The van der Waals surface area contributed by atoms with Gasteiger partial charge in [-0.25, -0.2) is 4.79 Å². The van der Waals surface area contributed by atoms with Crippen LogP contribution in [0.4, 0.5) is 5.82 Å². The van der Waals surface area contributed by atoms with Gasteiger partial charge in [0.25, 0.3) is 0 Å². The monoisotopic (exact) mass is 284 g/mol. The zero-order chi connectivity index (χ0) is 13.9. The third-order valence-electron chi connectivity index (χ3n) is 2.89. The van der Waals surface area contributed by atoms with Crippen LogP contribution in [0.15, 0.2) is 57.9 Å². The molecule has 2 aromatic rings. The Morgan fingerprint density at radius 2 is 2.20 bits per heavy atom. The van der Waals surface area contributed by atoms with Crippen molar-refractivity contribution in [1.82, 2.24) is 9.55 Å². The molecule has 0 atom stereocenters. The van der Waals surface area contributed by atoms with Crippen molar-refractivity contribution in [3.63, 3.8) is 0 Å². The van der Waals surface area contributed by atoms with E-state index in [9.17, 15) is 4.79 Å². The zero-order valence-electron chi connectivity index (χ0n) is 10.6. The molecule has 3 rings (SSSR count). The Bertz CT molecular complexity index is 764. The number of aliphatic imine (C=N–C) groups is 1. The molecule has 1 aromatic carbocycles. The lowest BCUT2D eigenvalue weighted by Crippen LogP contribution is -2.21. The number of hydrogen-bond acceptors (Lipinski definition) is 5. The molecule has 0 amide bonds. The van der Waals surface area contributed by atoms with Crippen LogP contribution in [0.25, 0.3) is 5.69 Å². The van der Waals surface area contributed by atoms with Crippen molar-refractivity contribution >= 4 is 23.3 Å². The summed E-state index contributed by atoms with van der Waals surface area (Å²) in [5.74, 6) is 1.05. The van der Waals surface area contributed by atoms with Gasteiger partial charge < -0.3 is 5.73 Å². The van der Waals surface area contributed by atoms with Crippen molar-refractivity contribution < 1.29 is 0 Å². The Kier molecular flexibility index (Phi) is 3.39. The second-order valence-electron chi connectivity index (χ2n) is 4.23. The Hall–Kier alpha value is -2.34. The van der Waals surface area contributed by atoms with Crippen LogP contribution < -0.4 is 11.4 Å². The molecule has 0 aliphatic carbocycles. The summed E-state index contributed by atoms with van der Waals surface area (Å²) >= 11 is 1.70. The van der Waals surface area contributed by atoms with E-state index in [0.29, 0.717) is 0 Å². The van der Waals surface area contributed by atoms with E-state index >= 15 is 0 Å². The molecule has 0 saturated heterocycles. The van der Waals surface area contributed by atoms with E-state index < -0.39 is 0 Å². The van der Waals surface area contributed by atoms with E-state index in [1.165, 1.54) is 4.57 Å². The molecule has 0 unspecified atom stereocenters. The Balaban J connectivity index is 2.05. The maximum atomic E-state index is 11.9. The highest BCUT2D eigenvalue weighted by molar-refractivity contribution is 8.02. The topological polar surface area (TPSA) is 73.3 Å². The summed E-state index contributed by atoms with van der Waals surface area (Å²) < 4.78 is 1.46. The number of rotatable bonds is 2. The summed E-state index contributed by atoms with van der Waals surface area (Å²) in [5.41, 5.74) is 7.86. The van der Waals surface area contributed by atoms with Crippen LogP contribution in [-0.4, -0.2) is 21.0 Å². The van der Waals surface area contributed by atoms with E-state index in [1.54, 1.807) is 30.2 Å². The lowest BCUT2D eigenvalue weighted by molar-refractivity contribution is 0.919. The van der Waals surface area contributed by atoms with E-state index in [-0.39, 0.29) is 11.5 Å². The van der Waals surface area contributed by atoms with Crippen LogP contribution in [0.2, 0.25) is 0 Å². The predicted octanol–water partition coefficient (Wildman–Crippen LogP) is 1.82. The molecule has 100 valence electrons. The third kappa shape index (κ3) is 2.50. The van der Waals surface area contributed by atoms with Crippen molar-refractivity contribution in [2.24, 2.45) is 4.99 Å². The SMILES string of the molecule is Nc1ccn(-c2cccc(C3=NC=CSC3)c2)c(=O)n1. The predicted molar refractivity (Wildman–Crippen MR) is 82.4 cm³/mol. The molecule has 0 spiro atoms. The molecule has 20 heavy (non-hydrogen) atoms. The van der Waals surface area contributed by atoms with Crippen molar-refractivity contribution in [2.45, 2.75) is 0 Å². The van der Waals surface area contributed by atoms with Crippen molar-refractivity contribution in [3.8, 4) is 5.69 Å². The van der Waals surface area contributed by atoms with Crippen molar-refractivity contribution in [1.29, 1.82) is 0 Å². The summed E-state index contributed by atoms with van der Waals surface area (Å²) in [4.78, 5) is 19.9. The Labute approximate surface area is 119 Å². The highest BCUT2D eigenvalue weighted by Crippen LogP contribution is 2.16. The van der Waals surface area contributed by atoms with Gasteiger partial charge in [0.15, 0.2) is 0 Å². The van der Waals surface area contributed by atoms with E-state index in [1.807, 2.05) is 29.7 Å². The fourth-order valence-corrected chi connectivity index (χ4v) is 2.58. The summed E-state index contributed by atoms with van der Waals surface area (Å²) in [6.07, 6.45) is 3.41. The normalized spacial score (nSPS) is 14.1. The number of benzene rings is 1. The van der Waals surface area contributed by atoms with Crippen molar-refractivity contribution in [3.05, 3.63) is 64.2 Å².